The monoisotopic (exact) mass is 388 g/mol. The smallest absolute Gasteiger partial charge is 0.241 e. The van der Waals surface area contributed by atoms with Crippen molar-refractivity contribution >= 4 is 15.9 Å². The summed E-state index contributed by atoms with van der Waals surface area (Å²) in [7, 11) is -3.61. The van der Waals surface area contributed by atoms with E-state index in [0.29, 0.717) is 12.8 Å². The molecule has 2 aromatic carbocycles. The van der Waals surface area contributed by atoms with Crippen molar-refractivity contribution in [3.05, 3.63) is 65.7 Å². The van der Waals surface area contributed by atoms with Gasteiger partial charge in [0.25, 0.3) is 0 Å². The molecular formula is C21H28N2O3S. The minimum absolute atomic E-state index is 0.0162. The molecular weight excluding hydrogens is 360 g/mol. The average molecular weight is 389 g/mol. The van der Waals surface area contributed by atoms with Gasteiger partial charge in [0.15, 0.2) is 0 Å². The lowest BCUT2D eigenvalue weighted by molar-refractivity contribution is -0.122. The third-order valence-electron chi connectivity index (χ3n) is 4.02. The van der Waals surface area contributed by atoms with Crippen LogP contribution in [0.1, 0.15) is 51.3 Å². The van der Waals surface area contributed by atoms with E-state index in [2.05, 4.69) is 10.0 Å². The van der Waals surface area contributed by atoms with Crippen LogP contribution in [0.25, 0.3) is 0 Å². The Bertz CT molecular complexity index is 855. The van der Waals surface area contributed by atoms with E-state index in [1.807, 2.05) is 58.0 Å². The number of amides is 1. The molecule has 0 aliphatic heterocycles. The van der Waals surface area contributed by atoms with E-state index in [0.717, 1.165) is 11.1 Å². The fourth-order valence-corrected chi connectivity index (χ4v) is 3.92. The normalized spacial score (nSPS) is 13.2. The number of rotatable bonds is 7. The largest absolute Gasteiger partial charge is 0.351 e. The number of sulfonamides is 1. The number of carbonyl (C=O) groups excluding carboxylic acids is 1. The van der Waals surface area contributed by atoms with Crippen LogP contribution in [0.5, 0.6) is 0 Å². The molecule has 1 amide bonds. The summed E-state index contributed by atoms with van der Waals surface area (Å²) in [6.07, 6.45) is 0.933. The van der Waals surface area contributed by atoms with Crippen LogP contribution in [0.2, 0.25) is 0 Å². The van der Waals surface area contributed by atoms with Crippen molar-refractivity contribution in [1.82, 2.24) is 10.0 Å². The number of carbonyl (C=O) groups is 1. The van der Waals surface area contributed by atoms with Crippen LogP contribution in [-0.4, -0.2) is 19.9 Å². The highest BCUT2D eigenvalue weighted by Gasteiger charge is 2.18. The predicted octanol–water partition coefficient (Wildman–Crippen LogP) is 3.57. The SMILES string of the molecule is C[C@@H](NS(=O)(=O)c1ccc(CCC(=O)NC(C)(C)C)cc1)c1ccccc1. The summed E-state index contributed by atoms with van der Waals surface area (Å²) in [4.78, 5) is 12.1. The van der Waals surface area contributed by atoms with Gasteiger partial charge in [0, 0.05) is 18.0 Å². The fraction of sp³-hybridized carbons (Fsp3) is 0.381. The van der Waals surface area contributed by atoms with E-state index >= 15 is 0 Å². The Hall–Kier alpha value is -2.18. The summed E-state index contributed by atoms with van der Waals surface area (Å²) >= 11 is 0. The van der Waals surface area contributed by atoms with Crippen LogP contribution in [-0.2, 0) is 21.2 Å². The van der Waals surface area contributed by atoms with Crippen LogP contribution >= 0.6 is 0 Å². The van der Waals surface area contributed by atoms with Crippen molar-refractivity contribution in [2.45, 2.75) is 57.0 Å². The molecule has 0 radical (unpaired) electrons. The third kappa shape index (κ3) is 6.81. The Morgan fingerprint density at radius 2 is 1.59 bits per heavy atom. The number of hydrogen-bond acceptors (Lipinski definition) is 3. The summed E-state index contributed by atoms with van der Waals surface area (Å²) < 4.78 is 27.8. The first-order chi connectivity index (χ1) is 12.6. The van der Waals surface area contributed by atoms with Gasteiger partial charge in [0.2, 0.25) is 15.9 Å². The Balaban J connectivity index is 1.98. The standard InChI is InChI=1S/C21H28N2O3S/c1-16(18-8-6-5-7-9-18)23-27(25,26)19-13-10-17(11-14-19)12-15-20(24)22-21(2,3)4/h5-11,13-14,16,23H,12,15H2,1-4H3,(H,22,24)/t16-/m1/s1. The molecule has 2 rings (SSSR count). The zero-order valence-corrected chi connectivity index (χ0v) is 17.1. The molecule has 0 spiro atoms. The van der Waals surface area contributed by atoms with Gasteiger partial charge < -0.3 is 5.32 Å². The molecule has 1 atom stereocenters. The minimum atomic E-state index is -3.61. The van der Waals surface area contributed by atoms with Crippen LogP contribution in [0.4, 0.5) is 0 Å². The average Bonchev–Trinajstić information content (AvgIpc) is 2.59. The number of benzene rings is 2. The zero-order chi connectivity index (χ0) is 20.1. The van der Waals surface area contributed by atoms with E-state index in [1.54, 1.807) is 24.3 Å². The first-order valence-corrected chi connectivity index (χ1v) is 10.5. The fourth-order valence-electron chi connectivity index (χ4n) is 2.68. The van der Waals surface area contributed by atoms with Crippen molar-refractivity contribution in [2.24, 2.45) is 0 Å². The second-order valence-electron chi connectivity index (χ2n) is 7.70. The second-order valence-corrected chi connectivity index (χ2v) is 9.41. The first kappa shape index (κ1) is 21.1. The van der Waals surface area contributed by atoms with E-state index in [-0.39, 0.29) is 22.4 Å². The Labute approximate surface area is 162 Å². The maximum absolute atomic E-state index is 12.6. The van der Waals surface area contributed by atoms with Crippen LogP contribution in [0.15, 0.2) is 59.5 Å². The quantitative estimate of drug-likeness (QED) is 0.761. The lowest BCUT2D eigenvalue weighted by atomic mass is 10.1. The second kappa shape index (κ2) is 8.67. The van der Waals surface area contributed by atoms with E-state index in [9.17, 15) is 13.2 Å². The van der Waals surface area contributed by atoms with Crippen LogP contribution < -0.4 is 10.0 Å². The minimum Gasteiger partial charge on any atom is -0.351 e. The van der Waals surface area contributed by atoms with Crippen LogP contribution in [0.3, 0.4) is 0 Å². The van der Waals surface area contributed by atoms with Gasteiger partial charge in [0.1, 0.15) is 0 Å². The summed E-state index contributed by atoms with van der Waals surface area (Å²) in [6, 6.07) is 15.8. The molecule has 0 saturated carbocycles. The van der Waals surface area contributed by atoms with Crippen molar-refractivity contribution in [3.63, 3.8) is 0 Å². The van der Waals surface area contributed by atoms with Gasteiger partial charge in [-0.1, -0.05) is 42.5 Å². The molecule has 0 saturated heterocycles. The van der Waals surface area contributed by atoms with Gasteiger partial charge in [-0.25, -0.2) is 13.1 Å². The van der Waals surface area contributed by atoms with Crippen molar-refractivity contribution in [2.75, 3.05) is 0 Å². The Morgan fingerprint density at radius 3 is 2.15 bits per heavy atom. The highest BCUT2D eigenvalue weighted by molar-refractivity contribution is 7.89. The summed E-state index contributed by atoms with van der Waals surface area (Å²) in [5.41, 5.74) is 1.58. The Kier molecular flexibility index (Phi) is 6.78. The van der Waals surface area contributed by atoms with Gasteiger partial charge in [-0.15, -0.1) is 0 Å². The van der Waals surface area contributed by atoms with E-state index < -0.39 is 10.0 Å². The molecule has 0 unspecified atom stereocenters. The summed E-state index contributed by atoms with van der Waals surface area (Å²) in [5, 5.41) is 2.92. The maximum atomic E-state index is 12.6. The third-order valence-corrected chi connectivity index (χ3v) is 5.58. The lowest BCUT2D eigenvalue weighted by Gasteiger charge is -2.20. The number of nitrogens with one attached hydrogen (secondary N) is 2. The van der Waals surface area contributed by atoms with Gasteiger partial charge in [-0.2, -0.15) is 0 Å². The highest BCUT2D eigenvalue weighted by atomic mass is 32.2. The van der Waals surface area contributed by atoms with E-state index in [1.165, 1.54) is 0 Å². The van der Waals surface area contributed by atoms with E-state index in [4.69, 9.17) is 0 Å². The molecule has 0 heterocycles. The highest BCUT2D eigenvalue weighted by Crippen LogP contribution is 2.17. The molecule has 0 aliphatic rings. The molecule has 2 N–H and O–H groups in total. The van der Waals surface area contributed by atoms with Gasteiger partial charge >= 0.3 is 0 Å². The number of hydrogen-bond donors (Lipinski definition) is 2. The molecule has 0 bridgehead atoms. The Morgan fingerprint density at radius 1 is 1.00 bits per heavy atom. The van der Waals surface area contributed by atoms with Gasteiger partial charge in [-0.05, 0) is 57.4 Å². The topological polar surface area (TPSA) is 75.3 Å². The molecule has 0 aliphatic carbocycles. The summed E-state index contributed by atoms with van der Waals surface area (Å²) in [5.74, 6) is -0.0162. The molecule has 5 nitrogen and oxygen atoms in total. The molecule has 0 fully saturated rings. The van der Waals surface area contributed by atoms with Gasteiger partial charge in [0.05, 0.1) is 4.90 Å². The van der Waals surface area contributed by atoms with Gasteiger partial charge in [-0.3, -0.25) is 4.79 Å². The first-order valence-electron chi connectivity index (χ1n) is 9.04. The predicted molar refractivity (Wildman–Crippen MR) is 108 cm³/mol. The van der Waals surface area contributed by atoms with Crippen molar-refractivity contribution in [3.8, 4) is 0 Å². The molecule has 6 heteroatoms. The molecule has 146 valence electrons. The van der Waals surface area contributed by atoms with Crippen molar-refractivity contribution < 1.29 is 13.2 Å². The summed E-state index contributed by atoms with van der Waals surface area (Å²) in [6.45, 7) is 7.63. The number of aryl methyl sites for hydroxylation is 1. The maximum Gasteiger partial charge on any atom is 0.241 e. The molecule has 2 aromatic rings. The zero-order valence-electron chi connectivity index (χ0n) is 16.3. The molecule has 0 aromatic heterocycles. The lowest BCUT2D eigenvalue weighted by Crippen LogP contribution is -2.40. The van der Waals surface area contributed by atoms with Crippen molar-refractivity contribution in [1.29, 1.82) is 0 Å². The molecule has 27 heavy (non-hydrogen) atoms. The van der Waals surface area contributed by atoms with Crippen LogP contribution in [0, 0.1) is 0 Å².